The number of hydrogen-bond donors (Lipinski definition) is 1. The van der Waals surface area contributed by atoms with Gasteiger partial charge in [0.2, 0.25) is 5.91 Å². The van der Waals surface area contributed by atoms with Gasteiger partial charge in [0.15, 0.2) is 6.61 Å². The first kappa shape index (κ1) is 16.1. The molecule has 1 aliphatic heterocycles. The number of piperazine rings is 1. The van der Waals surface area contributed by atoms with Crippen LogP contribution in [0, 0.1) is 0 Å². The average Bonchev–Trinajstić information content (AvgIpc) is 2.40. The highest BCUT2D eigenvalue weighted by Crippen LogP contribution is 2.28. The van der Waals surface area contributed by atoms with Crippen molar-refractivity contribution in [2.45, 2.75) is 19.4 Å². The maximum absolute atomic E-state index is 12.3. The second kappa shape index (κ2) is 6.23. The van der Waals surface area contributed by atoms with Crippen LogP contribution in [0.3, 0.4) is 0 Å². The van der Waals surface area contributed by atoms with Crippen molar-refractivity contribution in [3.63, 3.8) is 0 Å². The topological polar surface area (TPSA) is 58.6 Å². The summed E-state index contributed by atoms with van der Waals surface area (Å²) in [5.74, 6) is 0.151. The van der Waals surface area contributed by atoms with Gasteiger partial charge >= 0.3 is 0 Å². The Kier molecular flexibility index (Phi) is 4.78. The number of benzene rings is 1. The van der Waals surface area contributed by atoms with Gasteiger partial charge in [0.05, 0.1) is 4.47 Å². The molecule has 114 valence electrons. The predicted octanol–water partition coefficient (Wildman–Crippen LogP) is 2.22. The van der Waals surface area contributed by atoms with Crippen molar-refractivity contribution >= 4 is 39.3 Å². The van der Waals surface area contributed by atoms with Crippen LogP contribution in [0.4, 0.5) is 0 Å². The van der Waals surface area contributed by atoms with E-state index in [-0.39, 0.29) is 18.4 Å². The van der Waals surface area contributed by atoms with Crippen molar-refractivity contribution in [2.75, 3.05) is 19.7 Å². The lowest BCUT2D eigenvalue weighted by Gasteiger charge is -2.41. The molecule has 21 heavy (non-hydrogen) atoms. The SMILES string of the molecule is CC1(C)C(=O)NCCN1C(=O)COc1ccc(Cl)cc1Br. The maximum Gasteiger partial charge on any atom is 0.261 e. The zero-order valence-electron chi connectivity index (χ0n) is 11.8. The van der Waals surface area contributed by atoms with Gasteiger partial charge in [0.25, 0.3) is 5.91 Å². The maximum atomic E-state index is 12.3. The molecular weight excluding hydrogens is 360 g/mol. The van der Waals surface area contributed by atoms with Gasteiger partial charge in [-0.2, -0.15) is 0 Å². The molecule has 2 rings (SSSR count). The van der Waals surface area contributed by atoms with Crippen LogP contribution in [0.25, 0.3) is 0 Å². The third-order valence-corrected chi connectivity index (χ3v) is 4.25. The molecular formula is C14H16BrClN2O3. The highest BCUT2D eigenvalue weighted by molar-refractivity contribution is 9.10. The number of nitrogens with zero attached hydrogens (tertiary/aromatic N) is 1. The summed E-state index contributed by atoms with van der Waals surface area (Å²) in [7, 11) is 0. The quantitative estimate of drug-likeness (QED) is 0.881. The summed E-state index contributed by atoms with van der Waals surface area (Å²) in [4.78, 5) is 25.7. The molecule has 5 nitrogen and oxygen atoms in total. The molecule has 1 N–H and O–H groups in total. The number of carbonyl (C=O) groups is 2. The van der Waals surface area contributed by atoms with Gasteiger partial charge in [-0.1, -0.05) is 11.6 Å². The van der Waals surface area contributed by atoms with Crippen LogP contribution in [0.1, 0.15) is 13.8 Å². The lowest BCUT2D eigenvalue weighted by Crippen LogP contribution is -2.64. The Balaban J connectivity index is 2.03. The second-order valence-corrected chi connectivity index (χ2v) is 6.51. The monoisotopic (exact) mass is 374 g/mol. The summed E-state index contributed by atoms with van der Waals surface area (Å²) in [6.07, 6.45) is 0. The molecule has 7 heteroatoms. The minimum Gasteiger partial charge on any atom is -0.483 e. The van der Waals surface area contributed by atoms with Crippen LogP contribution in [0.15, 0.2) is 22.7 Å². The first-order chi connectivity index (χ1) is 9.82. The van der Waals surface area contributed by atoms with Crippen molar-refractivity contribution in [3.8, 4) is 5.75 Å². The molecule has 0 aliphatic carbocycles. The standard InChI is InChI=1S/C14H16BrClN2O3/c1-14(2)13(20)17-5-6-18(14)12(19)8-21-11-4-3-9(16)7-10(11)15/h3-4,7H,5-6,8H2,1-2H3,(H,17,20). The Bertz CT molecular complexity index is 577. The third-order valence-electron chi connectivity index (χ3n) is 3.40. The van der Waals surface area contributed by atoms with Crippen molar-refractivity contribution in [1.29, 1.82) is 0 Å². The Morgan fingerprint density at radius 2 is 2.24 bits per heavy atom. The van der Waals surface area contributed by atoms with Crippen molar-refractivity contribution in [1.82, 2.24) is 10.2 Å². The second-order valence-electron chi connectivity index (χ2n) is 5.22. The fourth-order valence-corrected chi connectivity index (χ4v) is 2.94. The van der Waals surface area contributed by atoms with E-state index >= 15 is 0 Å². The van der Waals surface area contributed by atoms with Gasteiger partial charge in [-0.25, -0.2) is 0 Å². The van der Waals surface area contributed by atoms with Gasteiger partial charge in [-0.05, 0) is 48.0 Å². The van der Waals surface area contributed by atoms with Crippen LogP contribution in [-0.2, 0) is 9.59 Å². The fourth-order valence-electron chi connectivity index (χ4n) is 2.15. The number of nitrogens with one attached hydrogen (secondary N) is 1. The highest BCUT2D eigenvalue weighted by atomic mass is 79.9. The molecule has 1 fully saturated rings. The number of amides is 2. The van der Waals surface area contributed by atoms with Crippen LogP contribution in [0.5, 0.6) is 5.75 Å². The summed E-state index contributed by atoms with van der Waals surface area (Å²) in [6, 6.07) is 5.07. The molecule has 0 bridgehead atoms. The van der Waals surface area contributed by atoms with E-state index in [2.05, 4.69) is 21.2 Å². The average molecular weight is 376 g/mol. The van der Waals surface area contributed by atoms with E-state index in [1.165, 1.54) is 4.90 Å². The fraction of sp³-hybridized carbons (Fsp3) is 0.429. The lowest BCUT2D eigenvalue weighted by atomic mass is 9.99. The number of carbonyl (C=O) groups excluding carboxylic acids is 2. The minimum atomic E-state index is -0.865. The number of hydrogen-bond acceptors (Lipinski definition) is 3. The molecule has 1 saturated heterocycles. The zero-order valence-corrected chi connectivity index (χ0v) is 14.1. The Morgan fingerprint density at radius 1 is 1.52 bits per heavy atom. The molecule has 0 spiro atoms. The van der Waals surface area contributed by atoms with Crippen molar-refractivity contribution < 1.29 is 14.3 Å². The normalized spacial score (nSPS) is 17.3. The van der Waals surface area contributed by atoms with E-state index in [4.69, 9.17) is 16.3 Å². The summed E-state index contributed by atoms with van der Waals surface area (Å²) in [6.45, 7) is 4.24. The zero-order chi connectivity index (χ0) is 15.6. The summed E-state index contributed by atoms with van der Waals surface area (Å²) in [5.41, 5.74) is -0.865. The molecule has 0 unspecified atom stereocenters. The molecule has 2 amide bonds. The number of halogens is 2. The smallest absolute Gasteiger partial charge is 0.261 e. The van der Waals surface area contributed by atoms with Gasteiger partial charge in [-0.3, -0.25) is 9.59 Å². The molecule has 0 atom stereocenters. The summed E-state index contributed by atoms with van der Waals surface area (Å²) < 4.78 is 6.19. The Morgan fingerprint density at radius 3 is 2.90 bits per heavy atom. The molecule has 1 aromatic carbocycles. The molecule has 0 radical (unpaired) electrons. The molecule has 1 heterocycles. The van der Waals surface area contributed by atoms with E-state index < -0.39 is 5.54 Å². The Labute approximate surface area is 136 Å². The Hall–Kier alpha value is -1.27. The summed E-state index contributed by atoms with van der Waals surface area (Å²) in [5, 5.41) is 3.33. The minimum absolute atomic E-state index is 0.128. The van der Waals surface area contributed by atoms with Crippen LogP contribution < -0.4 is 10.1 Å². The van der Waals surface area contributed by atoms with E-state index in [1.54, 1.807) is 32.0 Å². The van der Waals surface area contributed by atoms with E-state index in [0.29, 0.717) is 28.3 Å². The molecule has 0 aromatic heterocycles. The molecule has 0 saturated carbocycles. The van der Waals surface area contributed by atoms with E-state index in [1.807, 2.05) is 0 Å². The number of rotatable bonds is 3. The predicted molar refractivity (Wildman–Crippen MR) is 83.4 cm³/mol. The van der Waals surface area contributed by atoms with Gasteiger partial charge < -0.3 is 15.0 Å². The van der Waals surface area contributed by atoms with Crippen molar-refractivity contribution in [3.05, 3.63) is 27.7 Å². The summed E-state index contributed by atoms with van der Waals surface area (Å²) >= 11 is 9.18. The first-order valence-electron chi connectivity index (χ1n) is 6.49. The third kappa shape index (κ3) is 3.49. The molecule has 1 aliphatic rings. The van der Waals surface area contributed by atoms with Gasteiger partial charge in [-0.15, -0.1) is 0 Å². The lowest BCUT2D eigenvalue weighted by molar-refractivity contribution is -0.150. The van der Waals surface area contributed by atoms with E-state index in [9.17, 15) is 9.59 Å². The van der Waals surface area contributed by atoms with Crippen molar-refractivity contribution in [2.24, 2.45) is 0 Å². The van der Waals surface area contributed by atoms with Crippen LogP contribution >= 0.6 is 27.5 Å². The largest absolute Gasteiger partial charge is 0.483 e. The number of ether oxygens (including phenoxy) is 1. The van der Waals surface area contributed by atoms with Crippen LogP contribution in [-0.4, -0.2) is 41.9 Å². The first-order valence-corrected chi connectivity index (χ1v) is 7.66. The van der Waals surface area contributed by atoms with Gasteiger partial charge in [0.1, 0.15) is 11.3 Å². The molecule has 1 aromatic rings. The van der Waals surface area contributed by atoms with Crippen LogP contribution in [0.2, 0.25) is 5.02 Å². The highest BCUT2D eigenvalue weighted by Gasteiger charge is 2.40. The van der Waals surface area contributed by atoms with E-state index in [0.717, 1.165) is 0 Å². The van der Waals surface area contributed by atoms with Gasteiger partial charge in [0, 0.05) is 18.1 Å².